The minimum atomic E-state index is -0.436. The third-order valence-electron chi connectivity index (χ3n) is 3.72. The van der Waals surface area contributed by atoms with Crippen LogP contribution in [-0.2, 0) is 11.3 Å². The lowest BCUT2D eigenvalue weighted by atomic mass is 9.91. The Kier molecular flexibility index (Phi) is 6.45. The van der Waals surface area contributed by atoms with Crippen molar-refractivity contribution < 1.29 is 4.74 Å². The van der Waals surface area contributed by atoms with E-state index in [1.807, 2.05) is 32.6 Å². The van der Waals surface area contributed by atoms with Crippen LogP contribution in [-0.4, -0.2) is 47.5 Å². The lowest BCUT2D eigenvalue weighted by Crippen LogP contribution is -2.42. The first-order valence-corrected chi connectivity index (χ1v) is 7.49. The number of hydrogen-bond acceptors (Lipinski definition) is 4. The van der Waals surface area contributed by atoms with Gasteiger partial charge >= 0.3 is 0 Å². The molecule has 1 aromatic heterocycles. The molecule has 0 saturated heterocycles. The number of rotatable bonds is 8. The van der Waals surface area contributed by atoms with E-state index in [1.165, 1.54) is 0 Å². The molecule has 6 heteroatoms. The molecule has 2 unspecified atom stereocenters. The van der Waals surface area contributed by atoms with Gasteiger partial charge in [0.15, 0.2) is 0 Å². The zero-order valence-corrected chi connectivity index (χ0v) is 13.9. The Morgan fingerprint density at radius 3 is 2.65 bits per heavy atom. The predicted molar refractivity (Wildman–Crippen MR) is 83.0 cm³/mol. The average Bonchev–Trinajstić information content (AvgIpc) is 2.76. The normalized spacial score (nSPS) is 16.4. The van der Waals surface area contributed by atoms with Crippen LogP contribution < -0.4 is 5.73 Å². The molecular weight excluding hydrogens is 276 g/mol. The van der Waals surface area contributed by atoms with E-state index in [0.717, 1.165) is 25.2 Å². The molecule has 1 rings (SSSR count). The van der Waals surface area contributed by atoms with E-state index < -0.39 is 5.60 Å². The minimum Gasteiger partial charge on any atom is -0.374 e. The fourth-order valence-corrected chi connectivity index (χ4v) is 2.44. The summed E-state index contributed by atoms with van der Waals surface area (Å²) in [5, 5.41) is 4.95. The number of nitrogens with zero attached hydrogens (tertiary/aromatic N) is 3. The van der Waals surface area contributed by atoms with Crippen molar-refractivity contribution in [3.63, 3.8) is 0 Å². The summed E-state index contributed by atoms with van der Waals surface area (Å²) in [5.74, 6) is 0. The Morgan fingerprint density at radius 1 is 1.50 bits per heavy atom. The van der Waals surface area contributed by atoms with Crippen LogP contribution in [0.2, 0.25) is 5.02 Å². The van der Waals surface area contributed by atoms with Crippen LogP contribution in [0.1, 0.15) is 38.9 Å². The third kappa shape index (κ3) is 3.95. The maximum atomic E-state index is 6.44. The van der Waals surface area contributed by atoms with E-state index in [-0.39, 0.29) is 6.04 Å². The van der Waals surface area contributed by atoms with Crippen molar-refractivity contribution >= 4 is 11.6 Å². The molecule has 2 N–H and O–H groups in total. The summed E-state index contributed by atoms with van der Waals surface area (Å²) in [6, 6.07) is -0.301. The van der Waals surface area contributed by atoms with Crippen molar-refractivity contribution in [2.24, 2.45) is 5.73 Å². The highest BCUT2D eigenvalue weighted by atomic mass is 35.5. The number of aromatic nitrogens is 2. The first-order chi connectivity index (χ1) is 9.35. The summed E-state index contributed by atoms with van der Waals surface area (Å²) in [6.45, 7) is 8.35. The van der Waals surface area contributed by atoms with Gasteiger partial charge in [-0.2, -0.15) is 5.10 Å². The molecule has 0 amide bonds. The number of likely N-dealkylation sites (N-methyl/N-ethyl adjacent to an activating group) is 1. The largest absolute Gasteiger partial charge is 0.374 e. The van der Waals surface area contributed by atoms with Gasteiger partial charge in [0.05, 0.1) is 35.1 Å². The van der Waals surface area contributed by atoms with E-state index in [2.05, 4.69) is 16.9 Å². The Bertz CT molecular complexity index is 421. The van der Waals surface area contributed by atoms with Gasteiger partial charge in [-0.05, 0) is 34.4 Å². The van der Waals surface area contributed by atoms with Crippen molar-refractivity contribution in [2.45, 2.75) is 45.4 Å². The molecular formula is C14H27ClN4O. The van der Waals surface area contributed by atoms with Crippen molar-refractivity contribution in [1.82, 2.24) is 14.7 Å². The van der Waals surface area contributed by atoms with Gasteiger partial charge in [-0.3, -0.25) is 4.68 Å². The van der Waals surface area contributed by atoms with Crippen LogP contribution in [0, 0.1) is 0 Å². The van der Waals surface area contributed by atoms with Gasteiger partial charge in [0.1, 0.15) is 0 Å². The van der Waals surface area contributed by atoms with E-state index >= 15 is 0 Å². The van der Waals surface area contributed by atoms with Crippen LogP contribution in [0.25, 0.3) is 0 Å². The van der Waals surface area contributed by atoms with Crippen LogP contribution in [0.5, 0.6) is 0 Å². The molecule has 1 aromatic rings. The predicted octanol–water partition coefficient (Wildman–Crippen LogP) is 2.30. The highest BCUT2D eigenvalue weighted by Crippen LogP contribution is 2.33. The van der Waals surface area contributed by atoms with Crippen LogP contribution >= 0.6 is 11.6 Å². The third-order valence-corrected chi connectivity index (χ3v) is 4.01. The second kappa shape index (κ2) is 7.41. The average molecular weight is 303 g/mol. The topological polar surface area (TPSA) is 56.3 Å². The molecule has 0 aliphatic rings. The second-order valence-corrected chi connectivity index (χ2v) is 5.89. The first kappa shape index (κ1) is 17.4. The Hall–Kier alpha value is -0.620. The van der Waals surface area contributed by atoms with E-state index in [1.54, 1.807) is 6.20 Å². The Balaban J connectivity index is 3.01. The monoisotopic (exact) mass is 302 g/mol. The van der Waals surface area contributed by atoms with Crippen molar-refractivity contribution in [2.75, 3.05) is 27.2 Å². The molecule has 0 saturated carbocycles. The van der Waals surface area contributed by atoms with Gasteiger partial charge in [-0.1, -0.05) is 18.5 Å². The Labute approximate surface area is 127 Å². The molecule has 5 nitrogen and oxygen atoms in total. The zero-order chi connectivity index (χ0) is 15.3. The number of halogens is 1. The minimum absolute atomic E-state index is 0.301. The second-order valence-electron chi connectivity index (χ2n) is 5.48. The van der Waals surface area contributed by atoms with Gasteiger partial charge in [-0.15, -0.1) is 0 Å². The molecule has 116 valence electrons. The summed E-state index contributed by atoms with van der Waals surface area (Å²) < 4.78 is 7.75. The number of hydrogen-bond donors (Lipinski definition) is 1. The molecule has 2 atom stereocenters. The van der Waals surface area contributed by atoms with E-state index in [9.17, 15) is 0 Å². The van der Waals surface area contributed by atoms with Gasteiger partial charge < -0.3 is 15.4 Å². The zero-order valence-electron chi connectivity index (χ0n) is 13.2. The van der Waals surface area contributed by atoms with Gasteiger partial charge in [-0.25, -0.2) is 0 Å². The lowest BCUT2D eigenvalue weighted by molar-refractivity contribution is -0.0490. The molecule has 0 fully saturated rings. The standard InChI is InChI=1S/C14H27ClN4O/c1-6-14(3,20-7-2)13(16)12-11(15)10-17-19(12)9-8-18(4)5/h10,13H,6-9,16H2,1-5H3. The number of ether oxygens (including phenoxy) is 1. The molecule has 0 radical (unpaired) electrons. The van der Waals surface area contributed by atoms with Crippen molar-refractivity contribution in [3.05, 3.63) is 16.9 Å². The first-order valence-electron chi connectivity index (χ1n) is 7.11. The highest BCUT2D eigenvalue weighted by Gasteiger charge is 2.35. The fourth-order valence-electron chi connectivity index (χ4n) is 2.18. The van der Waals surface area contributed by atoms with Crippen molar-refractivity contribution in [3.8, 4) is 0 Å². The van der Waals surface area contributed by atoms with E-state index in [0.29, 0.717) is 11.6 Å². The van der Waals surface area contributed by atoms with Crippen LogP contribution in [0.3, 0.4) is 0 Å². The molecule has 0 spiro atoms. The van der Waals surface area contributed by atoms with Gasteiger partial charge in [0.2, 0.25) is 0 Å². The Morgan fingerprint density at radius 2 is 2.15 bits per heavy atom. The summed E-state index contributed by atoms with van der Waals surface area (Å²) in [5.41, 5.74) is 6.86. The fraction of sp³-hybridized carbons (Fsp3) is 0.786. The SMILES string of the molecule is CCOC(C)(CC)C(N)c1c(Cl)cnn1CCN(C)C. The van der Waals surface area contributed by atoms with Crippen LogP contribution in [0.4, 0.5) is 0 Å². The molecule has 0 aromatic carbocycles. The maximum Gasteiger partial charge on any atom is 0.0859 e. The lowest BCUT2D eigenvalue weighted by Gasteiger charge is -2.35. The molecule has 0 aliphatic heterocycles. The molecule has 0 bridgehead atoms. The maximum absolute atomic E-state index is 6.44. The van der Waals surface area contributed by atoms with Crippen LogP contribution in [0.15, 0.2) is 6.20 Å². The van der Waals surface area contributed by atoms with Crippen molar-refractivity contribution in [1.29, 1.82) is 0 Å². The quantitative estimate of drug-likeness (QED) is 0.800. The molecule has 0 aliphatic carbocycles. The summed E-state index contributed by atoms with van der Waals surface area (Å²) in [7, 11) is 4.06. The summed E-state index contributed by atoms with van der Waals surface area (Å²) >= 11 is 6.29. The summed E-state index contributed by atoms with van der Waals surface area (Å²) in [6.07, 6.45) is 2.48. The van der Waals surface area contributed by atoms with Gasteiger partial charge in [0, 0.05) is 13.2 Å². The van der Waals surface area contributed by atoms with Gasteiger partial charge in [0.25, 0.3) is 0 Å². The highest BCUT2D eigenvalue weighted by molar-refractivity contribution is 6.31. The summed E-state index contributed by atoms with van der Waals surface area (Å²) in [4.78, 5) is 2.10. The van der Waals surface area contributed by atoms with E-state index in [4.69, 9.17) is 22.1 Å². The number of nitrogens with two attached hydrogens (primary N) is 1. The molecule has 20 heavy (non-hydrogen) atoms. The molecule has 1 heterocycles. The smallest absolute Gasteiger partial charge is 0.0859 e.